The molecule has 0 saturated heterocycles. The molecule has 0 saturated carbocycles. The van der Waals surface area contributed by atoms with Crippen molar-refractivity contribution < 1.29 is 0 Å². The van der Waals surface area contributed by atoms with Gasteiger partial charge in [0.05, 0.1) is 0 Å². The summed E-state index contributed by atoms with van der Waals surface area (Å²) in [5.41, 5.74) is 1.32. The monoisotopic (exact) mass is 141 g/mol. The van der Waals surface area contributed by atoms with Crippen LogP contribution in [0.15, 0.2) is 4.99 Å². The minimum absolute atomic E-state index is 1.03. The van der Waals surface area contributed by atoms with Gasteiger partial charge in [0.15, 0.2) is 0 Å². The number of unbranched alkanes of at least 4 members (excludes halogenated alkanes) is 1. The van der Waals surface area contributed by atoms with E-state index in [1.165, 1.54) is 31.4 Å². The first kappa shape index (κ1) is 9.67. The maximum absolute atomic E-state index is 4.42. The Labute approximate surface area is 64.6 Å². The molecule has 0 aromatic carbocycles. The van der Waals surface area contributed by atoms with E-state index < -0.39 is 0 Å². The minimum atomic E-state index is 1.03. The summed E-state index contributed by atoms with van der Waals surface area (Å²) in [5, 5.41) is 0. The molecule has 0 rings (SSSR count). The van der Waals surface area contributed by atoms with Crippen LogP contribution in [0.25, 0.3) is 0 Å². The molecule has 60 valence electrons. The van der Waals surface area contributed by atoms with Gasteiger partial charge in [0, 0.05) is 12.3 Å². The number of hydrogen-bond acceptors (Lipinski definition) is 1. The molecule has 0 aliphatic heterocycles. The molecule has 1 nitrogen and oxygen atoms in total. The van der Waals surface area contributed by atoms with Crippen molar-refractivity contribution in [1.29, 1.82) is 0 Å². The lowest BCUT2D eigenvalue weighted by atomic mass is 10.2. The van der Waals surface area contributed by atoms with Crippen molar-refractivity contribution in [3.63, 3.8) is 0 Å². The van der Waals surface area contributed by atoms with Crippen molar-refractivity contribution in [3.05, 3.63) is 0 Å². The lowest BCUT2D eigenvalue weighted by Crippen LogP contribution is -1.91. The fourth-order valence-electron chi connectivity index (χ4n) is 0.869. The standard InChI is InChI=1S/C9H19N/c1-4-6-8-10-9(3)7-5-2/h4-8H2,1-3H3. The Bertz CT molecular complexity index is 94.9. The van der Waals surface area contributed by atoms with Gasteiger partial charge in [-0.15, -0.1) is 0 Å². The van der Waals surface area contributed by atoms with Crippen LogP contribution in [0.1, 0.15) is 46.5 Å². The van der Waals surface area contributed by atoms with Crippen molar-refractivity contribution in [3.8, 4) is 0 Å². The quantitative estimate of drug-likeness (QED) is 0.412. The smallest absolute Gasteiger partial charge is 0.0388 e. The van der Waals surface area contributed by atoms with E-state index in [0.717, 1.165) is 6.54 Å². The highest BCUT2D eigenvalue weighted by atomic mass is 14.7. The number of nitrogens with zero attached hydrogens (tertiary/aromatic N) is 1. The molecule has 1 heteroatoms. The van der Waals surface area contributed by atoms with Crippen LogP contribution < -0.4 is 0 Å². The fraction of sp³-hybridized carbons (Fsp3) is 0.889. The third kappa shape index (κ3) is 5.80. The van der Waals surface area contributed by atoms with Crippen LogP contribution in [0.3, 0.4) is 0 Å². The van der Waals surface area contributed by atoms with E-state index in [4.69, 9.17) is 0 Å². The summed E-state index contributed by atoms with van der Waals surface area (Å²) in [6.07, 6.45) is 4.88. The van der Waals surface area contributed by atoms with E-state index in [1.807, 2.05) is 0 Å². The first-order chi connectivity index (χ1) is 4.81. The highest BCUT2D eigenvalue weighted by Crippen LogP contribution is 1.93. The predicted molar refractivity (Wildman–Crippen MR) is 47.8 cm³/mol. The lowest BCUT2D eigenvalue weighted by molar-refractivity contribution is 0.803. The van der Waals surface area contributed by atoms with Gasteiger partial charge in [-0.05, 0) is 19.8 Å². The average molecular weight is 141 g/mol. The molecule has 0 aromatic heterocycles. The van der Waals surface area contributed by atoms with Gasteiger partial charge in [-0.1, -0.05) is 26.7 Å². The Morgan fingerprint density at radius 3 is 2.40 bits per heavy atom. The summed E-state index contributed by atoms with van der Waals surface area (Å²) in [6, 6.07) is 0. The van der Waals surface area contributed by atoms with Gasteiger partial charge in [0.2, 0.25) is 0 Å². The van der Waals surface area contributed by atoms with Crippen molar-refractivity contribution >= 4 is 5.71 Å². The van der Waals surface area contributed by atoms with Crippen LogP contribution in [-0.2, 0) is 0 Å². The van der Waals surface area contributed by atoms with Crippen molar-refractivity contribution in [2.45, 2.75) is 46.5 Å². The molecule has 0 aliphatic rings. The molecule has 10 heavy (non-hydrogen) atoms. The van der Waals surface area contributed by atoms with Gasteiger partial charge in [0.25, 0.3) is 0 Å². The Balaban J connectivity index is 3.28. The number of aliphatic imine (C=N–C) groups is 1. The van der Waals surface area contributed by atoms with E-state index in [9.17, 15) is 0 Å². The zero-order valence-corrected chi connectivity index (χ0v) is 7.48. The zero-order chi connectivity index (χ0) is 7.82. The summed E-state index contributed by atoms with van der Waals surface area (Å²) in [7, 11) is 0. The van der Waals surface area contributed by atoms with E-state index in [-0.39, 0.29) is 0 Å². The second kappa shape index (κ2) is 6.79. The Hall–Kier alpha value is -0.330. The van der Waals surface area contributed by atoms with Gasteiger partial charge in [-0.2, -0.15) is 0 Å². The van der Waals surface area contributed by atoms with Crippen LogP contribution in [0.2, 0.25) is 0 Å². The molecular weight excluding hydrogens is 122 g/mol. The van der Waals surface area contributed by atoms with Crippen molar-refractivity contribution in [2.24, 2.45) is 4.99 Å². The van der Waals surface area contributed by atoms with Crippen LogP contribution in [0, 0.1) is 0 Å². The molecule has 0 unspecified atom stereocenters. The summed E-state index contributed by atoms with van der Waals surface area (Å²) in [6.45, 7) is 7.55. The molecule has 0 fully saturated rings. The van der Waals surface area contributed by atoms with E-state index >= 15 is 0 Å². The number of rotatable bonds is 5. The first-order valence-corrected chi connectivity index (χ1v) is 4.31. The molecule has 0 bridgehead atoms. The van der Waals surface area contributed by atoms with Gasteiger partial charge in [0.1, 0.15) is 0 Å². The molecule has 0 spiro atoms. The van der Waals surface area contributed by atoms with E-state index in [0.29, 0.717) is 0 Å². The van der Waals surface area contributed by atoms with Gasteiger partial charge in [-0.25, -0.2) is 0 Å². The summed E-state index contributed by atoms with van der Waals surface area (Å²) in [5.74, 6) is 0. The highest BCUT2D eigenvalue weighted by Gasteiger charge is 1.86. The van der Waals surface area contributed by atoms with Crippen LogP contribution >= 0.6 is 0 Å². The molecule has 0 radical (unpaired) electrons. The average Bonchev–Trinajstić information content (AvgIpc) is 1.89. The Morgan fingerprint density at radius 2 is 1.90 bits per heavy atom. The molecule has 0 aromatic rings. The van der Waals surface area contributed by atoms with Gasteiger partial charge in [-0.3, -0.25) is 4.99 Å². The maximum Gasteiger partial charge on any atom is 0.0388 e. The molecule has 0 aliphatic carbocycles. The summed E-state index contributed by atoms with van der Waals surface area (Å²) < 4.78 is 0. The largest absolute Gasteiger partial charge is 0.294 e. The van der Waals surface area contributed by atoms with E-state index in [1.54, 1.807) is 0 Å². The van der Waals surface area contributed by atoms with E-state index in [2.05, 4.69) is 25.8 Å². The number of hydrogen-bond donors (Lipinski definition) is 0. The normalized spacial score (nSPS) is 12.1. The molecule has 0 atom stereocenters. The third-order valence-electron chi connectivity index (χ3n) is 1.51. The first-order valence-electron chi connectivity index (χ1n) is 4.31. The highest BCUT2D eigenvalue weighted by molar-refractivity contribution is 5.81. The van der Waals surface area contributed by atoms with Crippen molar-refractivity contribution in [2.75, 3.05) is 6.54 Å². The third-order valence-corrected chi connectivity index (χ3v) is 1.51. The lowest BCUT2D eigenvalue weighted by Gasteiger charge is -1.96. The predicted octanol–water partition coefficient (Wildman–Crippen LogP) is 3.05. The second-order valence-corrected chi connectivity index (χ2v) is 2.72. The Morgan fingerprint density at radius 1 is 1.20 bits per heavy atom. The topological polar surface area (TPSA) is 12.4 Å². The van der Waals surface area contributed by atoms with Crippen LogP contribution in [0.4, 0.5) is 0 Å². The Kier molecular flexibility index (Phi) is 6.56. The summed E-state index contributed by atoms with van der Waals surface area (Å²) >= 11 is 0. The van der Waals surface area contributed by atoms with Crippen LogP contribution in [0.5, 0.6) is 0 Å². The van der Waals surface area contributed by atoms with Gasteiger partial charge < -0.3 is 0 Å². The molecular formula is C9H19N. The molecule has 0 heterocycles. The van der Waals surface area contributed by atoms with Gasteiger partial charge >= 0.3 is 0 Å². The van der Waals surface area contributed by atoms with Crippen molar-refractivity contribution in [1.82, 2.24) is 0 Å². The van der Waals surface area contributed by atoms with Crippen LogP contribution in [-0.4, -0.2) is 12.3 Å². The fourth-order valence-corrected chi connectivity index (χ4v) is 0.869. The summed E-state index contributed by atoms with van der Waals surface area (Å²) in [4.78, 5) is 4.42. The SMILES string of the molecule is CCCCN=C(C)CCC. The maximum atomic E-state index is 4.42. The second-order valence-electron chi connectivity index (χ2n) is 2.72. The molecule has 0 amide bonds. The zero-order valence-electron chi connectivity index (χ0n) is 7.48. The minimum Gasteiger partial charge on any atom is -0.294 e. The molecule has 0 N–H and O–H groups in total.